The Morgan fingerprint density at radius 2 is 1.95 bits per heavy atom. The SMILES string of the molecule is COc1ccc(C(C)C)cc1C(O)CNC(C)(C)CO. The molecule has 4 nitrogen and oxygen atoms in total. The predicted molar refractivity (Wildman–Crippen MR) is 81.2 cm³/mol. The molecule has 1 rings (SSSR count). The normalized spacial score (nSPS) is 13.6. The number of nitrogens with one attached hydrogen (secondary N) is 1. The second kappa shape index (κ2) is 7.07. The number of β-amino-alcohol motifs (C(OH)–C–C–N with tert-alkyl or cyclic N) is 1. The van der Waals surface area contributed by atoms with Crippen molar-refractivity contribution in [3.63, 3.8) is 0 Å². The van der Waals surface area contributed by atoms with Gasteiger partial charge in [0.15, 0.2) is 0 Å². The third kappa shape index (κ3) is 4.47. The van der Waals surface area contributed by atoms with Crippen molar-refractivity contribution >= 4 is 0 Å². The molecule has 0 aliphatic carbocycles. The van der Waals surface area contributed by atoms with Crippen LogP contribution in [0.5, 0.6) is 5.75 Å². The van der Waals surface area contributed by atoms with E-state index in [1.54, 1.807) is 7.11 Å². The van der Waals surface area contributed by atoms with Crippen molar-refractivity contribution in [2.24, 2.45) is 0 Å². The van der Waals surface area contributed by atoms with E-state index in [9.17, 15) is 10.2 Å². The number of hydrogen-bond donors (Lipinski definition) is 3. The van der Waals surface area contributed by atoms with Crippen LogP contribution in [0.4, 0.5) is 0 Å². The highest BCUT2D eigenvalue weighted by Crippen LogP contribution is 2.29. The number of methoxy groups -OCH3 is 1. The minimum atomic E-state index is -0.672. The number of ether oxygens (including phenoxy) is 1. The van der Waals surface area contributed by atoms with Crippen molar-refractivity contribution in [2.75, 3.05) is 20.3 Å². The van der Waals surface area contributed by atoms with E-state index >= 15 is 0 Å². The molecule has 0 radical (unpaired) electrons. The number of aliphatic hydroxyl groups excluding tert-OH is 2. The molecule has 114 valence electrons. The first-order valence-electron chi connectivity index (χ1n) is 7.02. The average molecular weight is 281 g/mol. The molecule has 0 heterocycles. The lowest BCUT2D eigenvalue weighted by Crippen LogP contribution is -2.44. The Morgan fingerprint density at radius 1 is 1.30 bits per heavy atom. The second-order valence-corrected chi connectivity index (χ2v) is 6.09. The van der Waals surface area contributed by atoms with Gasteiger partial charge in [-0.3, -0.25) is 0 Å². The van der Waals surface area contributed by atoms with E-state index in [0.717, 1.165) is 5.56 Å². The smallest absolute Gasteiger partial charge is 0.124 e. The van der Waals surface area contributed by atoms with Gasteiger partial charge in [0.25, 0.3) is 0 Å². The maximum absolute atomic E-state index is 10.4. The summed E-state index contributed by atoms with van der Waals surface area (Å²) in [7, 11) is 1.60. The van der Waals surface area contributed by atoms with E-state index in [1.165, 1.54) is 5.56 Å². The lowest BCUT2D eigenvalue weighted by Gasteiger charge is -2.26. The molecule has 0 aliphatic rings. The number of hydrogen-bond acceptors (Lipinski definition) is 4. The highest BCUT2D eigenvalue weighted by atomic mass is 16.5. The Morgan fingerprint density at radius 3 is 2.45 bits per heavy atom. The Kier molecular flexibility index (Phi) is 5.99. The molecule has 20 heavy (non-hydrogen) atoms. The molecule has 0 saturated carbocycles. The molecule has 0 spiro atoms. The second-order valence-electron chi connectivity index (χ2n) is 6.09. The van der Waals surface area contributed by atoms with Crippen LogP contribution in [-0.2, 0) is 0 Å². The van der Waals surface area contributed by atoms with Crippen LogP contribution < -0.4 is 10.1 Å². The molecule has 0 bridgehead atoms. The van der Waals surface area contributed by atoms with Crippen LogP contribution in [0.3, 0.4) is 0 Å². The summed E-state index contributed by atoms with van der Waals surface area (Å²) < 4.78 is 5.32. The minimum absolute atomic E-state index is 0.0168. The van der Waals surface area contributed by atoms with Crippen molar-refractivity contribution in [2.45, 2.75) is 45.3 Å². The molecule has 1 unspecified atom stereocenters. The molecule has 0 amide bonds. The maximum atomic E-state index is 10.4. The first-order chi connectivity index (χ1) is 9.30. The van der Waals surface area contributed by atoms with Gasteiger partial charge in [-0.1, -0.05) is 19.9 Å². The summed E-state index contributed by atoms with van der Waals surface area (Å²) in [5.74, 6) is 1.08. The molecule has 0 aliphatic heterocycles. The molecule has 0 saturated heterocycles. The summed E-state index contributed by atoms with van der Waals surface area (Å²) >= 11 is 0. The van der Waals surface area contributed by atoms with Crippen LogP contribution >= 0.6 is 0 Å². The number of aliphatic hydroxyl groups is 2. The molecular weight excluding hydrogens is 254 g/mol. The molecule has 3 N–H and O–H groups in total. The summed E-state index contributed by atoms with van der Waals surface area (Å²) in [5.41, 5.74) is 1.53. The van der Waals surface area contributed by atoms with Crippen LogP contribution in [0.1, 0.15) is 50.8 Å². The van der Waals surface area contributed by atoms with Gasteiger partial charge in [0, 0.05) is 17.6 Å². The molecule has 0 aromatic heterocycles. The molecular formula is C16H27NO3. The number of benzene rings is 1. The molecule has 4 heteroatoms. The fourth-order valence-corrected chi connectivity index (χ4v) is 1.91. The lowest BCUT2D eigenvalue weighted by atomic mass is 9.97. The van der Waals surface area contributed by atoms with Crippen molar-refractivity contribution < 1.29 is 14.9 Å². The quantitative estimate of drug-likeness (QED) is 0.717. The molecule has 0 fully saturated rings. The van der Waals surface area contributed by atoms with E-state index in [-0.39, 0.29) is 6.61 Å². The van der Waals surface area contributed by atoms with Crippen molar-refractivity contribution in [3.8, 4) is 5.75 Å². The van der Waals surface area contributed by atoms with Gasteiger partial charge in [0.2, 0.25) is 0 Å². The van der Waals surface area contributed by atoms with Crippen LogP contribution in [0.2, 0.25) is 0 Å². The van der Waals surface area contributed by atoms with Gasteiger partial charge < -0.3 is 20.3 Å². The maximum Gasteiger partial charge on any atom is 0.124 e. The molecule has 1 aromatic rings. The largest absolute Gasteiger partial charge is 0.496 e. The third-order valence-corrected chi connectivity index (χ3v) is 3.45. The fraction of sp³-hybridized carbons (Fsp3) is 0.625. The Labute approximate surface area is 121 Å². The topological polar surface area (TPSA) is 61.7 Å². The summed E-state index contributed by atoms with van der Waals surface area (Å²) in [6.07, 6.45) is -0.672. The van der Waals surface area contributed by atoms with E-state index in [2.05, 4.69) is 19.2 Å². The summed E-state index contributed by atoms with van der Waals surface area (Å²) in [6.45, 7) is 8.40. The third-order valence-electron chi connectivity index (χ3n) is 3.45. The monoisotopic (exact) mass is 281 g/mol. The minimum Gasteiger partial charge on any atom is -0.496 e. The van der Waals surface area contributed by atoms with Gasteiger partial charge in [0.05, 0.1) is 19.8 Å². The highest BCUT2D eigenvalue weighted by molar-refractivity contribution is 5.40. The lowest BCUT2D eigenvalue weighted by molar-refractivity contribution is 0.134. The molecule has 1 aromatic carbocycles. The predicted octanol–water partition coefficient (Wildman–Crippen LogP) is 2.21. The van der Waals surface area contributed by atoms with Crippen molar-refractivity contribution in [1.29, 1.82) is 0 Å². The zero-order valence-corrected chi connectivity index (χ0v) is 13.1. The van der Waals surface area contributed by atoms with Gasteiger partial charge in [-0.25, -0.2) is 0 Å². The zero-order chi connectivity index (χ0) is 15.3. The van der Waals surface area contributed by atoms with Crippen molar-refractivity contribution in [3.05, 3.63) is 29.3 Å². The van der Waals surface area contributed by atoms with Crippen LogP contribution in [0.25, 0.3) is 0 Å². The van der Waals surface area contributed by atoms with Crippen LogP contribution in [-0.4, -0.2) is 36.0 Å². The van der Waals surface area contributed by atoms with Crippen molar-refractivity contribution in [1.82, 2.24) is 5.32 Å². The summed E-state index contributed by atoms with van der Waals surface area (Å²) in [5, 5.41) is 22.8. The van der Waals surface area contributed by atoms with E-state index in [4.69, 9.17) is 4.74 Å². The first kappa shape index (κ1) is 17.0. The Hall–Kier alpha value is -1.10. The van der Waals surface area contributed by atoms with Gasteiger partial charge in [-0.15, -0.1) is 0 Å². The standard InChI is InChI=1S/C16H27NO3/c1-11(2)12-6-7-15(20-5)13(8-12)14(19)9-17-16(3,4)10-18/h6-8,11,14,17-19H,9-10H2,1-5H3. The van der Waals surface area contributed by atoms with Gasteiger partial charge in [-0.2, -0.15) is 0 Å². The van der Waals surface area contributed by atoms with Gasteiger partial charge in [-0.05, 0) is 37.5 Å². The average Bonchev–Trinajstić information content (AvgIpc) is 2.44. The first-order valence-corrected chi connectivity index (χ1v) is 7.02. The van der Waals surface area contributed by atoms with E-state index in [0.29, 0.717) is 18.2 Å². The molecule has 1 atom stereocenters. The van der Waals surface area contributed by atoms with Gasteiger partial charge in [0.1, 0.15) is 5.75 Å². The Balaban J connectivity index is 2.90. The van der Waals surface area contributed by atoms with E-state index in [1.807, 2.05) is 32.0 Å². The number of rotatable bonds is 7. The highest BCUT2D eigenvalue weighted by Gasteiger charge is 2.20. The van der Waals surface area contributed by atoms with E-state index < -0.39 is 11.6 Å². The zero-order valence-electron chi connectivity index (χ0n) is 13.1. The summed E-state index contributed by atoms with van der Waals surface area (Å²) in [6, 6.07) is 5.90. The van der Waals surface area contributed by atoms with Crippen LogP contribution in [0.15, 0.2) is 18.2 Å². The van der Waals surface area contributed by atoms with Crippen LogP contribution in [0, 0.1) is 0 Å². The van der Waals surface area contributed by atoms with Gasteiger partial charge >= 0.3 is 0 Å². The fourth-order valence-electron chi connectivity index (χ4n) is 1.91. The Bertz CT molecular complexity index is 430. The summed E-state index contributed by atoms with van der Waals surface area (Å²) in [4.78, 5) is 0.